The van der Waals surface area contributed by atoms with Gasteiger partial charge in [0.1, 0.15) is 5.52 Å². The molecule has 1 aromatic carbocycles. The number of aromatic nitrogens is 1. The van der Waals surface area contributed by atoms with Crippen molar-refractivity contribution in [1.29, 1.82) is 0 Å². The number of non-ortho nitro benzene ring substituents is 2. The second-order valence-corrected chi connectivity index (χ2v) is 5.90. The lowest BCUT2D eigenvalue weighted by atomic mass is 9.93. The van der Waals surface area contributed by atoms with Gasteiger partial charge in [0.15, 0.2) is 0 Å². The number of allylic oxidation sites excluding steroid dienone is 2. The Bertz CT molecular complexity index is 1000. The van der Waals surface area contributed by atoms with Crippen molar-refractivity contribution in [2.24, 2.45) is 7.05 Å². The van der Waals surface area contributed by atoms with Gasteiger partial charge in [0.25, 0.3) is 16.9 Å². The Morgan fingerprint density at radius 3 is 2.35 bits per heavy atom. The molecular weight excluding hydrogens is 302 g/mol. The minimum absolute atomic E-state index is 0.00332. The molecule has 0 radical (unpaired) electrons. The topological polar surface area (TPSA) is 108 Å². The number of rotatable bonds is 2. The third-order valence-electron chi connectivity index (χ3n) is 4.76. The number of pyridine rings is 1. The van der Waals surface area contributed by atoms with E-state index in [1.54, 1.807) is 0 Å². The lowest BCUT2D eigenvalue weighted by molar-refractivity contribution is -0.393. The van der Waals surface area contributed by atoms with Crippen molar-refractivity contribution < 1.29 is 9.85 Å². The minimum atomic E-state index is -0.676. The van der Waals surface area contributed by atoms with E-state index in [2.05, 4.69) is 0 Å². The lowest BCUT2D eigenvalue weighted by Gasteiger charge is -2.16. The van der Waals surface area contributed by atoms with Crippen molar-refractivity contribution in [2.45, 2.75) is 18.3 Å². The minimum Gasteiger partial charge on any atom is -0.305 e. The summed E-state index contributed by atoms with van der Waals surface area (Å²) in [5.74, 6) is -0.00979. The maximum atomic E-state index is 12.6. The normalized spacial score (nSPS) is 20.9. The molecule has 116 valence electrons. The Balaban J connectivity index is 2.24. The van der Waals surface area contributed by atoms with Crippen LogP contribution < -0.4 is 5.56 Å². The first kappa shape index (κ1) is 13.6. The van der Waals surface area contributed by atoms with Crippen LogP contribution in [0.15, 0.2) is 29.1 Å². The summed E-state index contributed by atoms with van der Waals surface area (Å²) in [4.78, 5) is 33.8. The summed E-state index contributed by atoms with van der Waals surface area (Å²) in [6.45, 7) is 0. The van der Waals surface area contributed by atoms with E-state index in [-0.39, 0.29) is 28.6 Å². The van der Waals surface area contributed by atoms with Crippen LogP contribution in [0.4, 0.5) is 11.4 Å². The van der Waals surface area contributed by atoms with Gasteiger partial charge in [0.2, 0.25) is 0 Å². The fraction of sp³-hybridized carbons (Fsp3) is 0.267. The summed E-state index contributed by atoms with van der Waals surface area (Å²) in [6.07, 6.45) is 4.68. The van der Waals surface area contributed by atoms with E-state index in [0.717, 1.165) is 12.5 Å². The van der Waals surface area contributed by atoms with Crippen LogP contribution in [0.25, 0.3) is 10.9 Å². The molecule has 0 fully saturated rings. The van der Waals surface area contributed by atoms with Gasteiger partial charge in [-0.15, -0.1) is 0 Å². The van der Waals surface area contributed by atoms with Crippen LogP contribution in [-0.2, 0) is 7.05 Å². The van der Waals surface area contributed by atoms with Crippen LogP contribution in [0.1, 0.15) is 29.4 Å². The van der Waals surface area contributed by atoms with E-state index in [4.69, 9.17) is 0 Å². The molecule has 8 heteroatoms. The highest BCUT2D eigenvalue weighted by Gasteiger charge is 2.39. The number of benzene rings is 1. The van der Waals surface area contributed by atoms with Crippen LogP contribution in [0.2, 0.25) is 0 Å². The van der Waals surface area contributed by atoms with E-state index in [1.165, 1.54) is 17.7 Å². The van der Waals surface area contributed by atoms with Gasteiger partial charge in [-0.3, -0.25) is 25.0 Å². The Morgan fingerprint density at radius 2 is 1.74 bits per heavy atom. The molecule has 2 aromatic rings. The molecule has 2 aliphatic carbocycles. The molecule has 1 aromatic heterocycles. The molecule has 0 amide bonds. The Hall–Kier alpha value is -3.03. The van der Waals surface area contributed by atoms with Gasteiger partial charge in [-0.25, -0.2) is 0 Å². The summed E-state index contributed by atoms with van der Waals surface area (Å²) in [5, 5.41) is 22.9. The Kier molecular flexibility index (Phi) is 2.52. The third kappa shape index (κ3) is 1.63. The number of aryl methyl sites for hydroxylation is 1. The molecule has 23 heavy (non-hydrogen) atoms. The zero-order valence-electron chi connectivity index (χ0n) is 12.1. The van der Waals surface area contributed by atoms with Crippen molar-refractivity contribution in [3.63, 3.8) is 0 Å². The zero-order chi connectivity index (χ0) is 16.5. The maximum absolute atomic E-state index is 12.6. The zero-order valence-corrected chi connectivity index (χ0v) is 12.1. The first-order valence-electron chi connectivity index (χ1n) is 7.07. The molecule has 2 bridgehead atoms. The van der Waals surface area contributed by atoms with Crippen LogP contribution in [0.5, 0.6) is 0 Å². The average Bonchev–Trinajstić information content (AvgIpc) is 3.12. The van der Waals surface area contributed by atoms with Crippen molar-refractivity contribution in [1.82, 2.24) is 4.57 Å². The summed E-state index contributed by atoms with van der Waals surface area (Å²) in [5.41, 5.74) is 0.455. The van der Waals surface area contributed by atoms with Gasteiger partial charge in [-0.05, 0) is 12.0 Å². The quantitative estimate of drug-likeness (QED) is 0.481. The van der Waals surface area contributed by atoms with Gasteiger partial charge < -0.3 is 4.57 Å². The Morgan fingerprint density at radius 1 is 1.09 bits per heavy atom. The van der Waals surface area contributed by atoms with Gasteiger partial charge in [-0.2, -0.15) is 0 Å². The molecule has 8 nitrogen and oxygen atoms in total. The number of nitro benzene ring substituents is 2. The van der Waals surface area contributed by atoms with Crippen LogP contribution in [0.3, 0.4) is 0 Å². The van der Waals surface area contributed by atoms with Crippen LogP contribution in [-0.4, -0.2) is 14.4 Å². The predicted octanol–water partition coefficient (Wildman–Crippen LogP) is 2.50. The molecule has 4 rings (SSSR count). The molecule has 0 spiro atoms. The van der Waals surface area contributed by atoms with Gasteiger partial charge >= 0.3 is 0 Å². The van der Waals surface area contributed by atoms with Crippen LogP contribution >= 0.6 is 0 Å². The fourth-order valence-electron chi connectivity index (χ4n) is 3.83. The Labute approximate surface area is 128 Å². The average molecular weight is 313 g/mol. The highest BCUT2D eigenvalue weighted by Crippen LogP contribution is 2.50. The molecule has 0 saturated carbocycles. The summed E-state index contributed by atoms with van der Waals surface area (Å²) in [6, 6.07) is 2.26. The maximum Gasteiger partial charge on any atom is 0.300 e. The highest BCUT2D eigenvalue weighted by molar-refractivity contribution is 5.94. The van der Waals surface area contributed by atoms with Crippen molar-refractivity contribution in [3.8, 4) is 0 Å². The summed E-state index contributed by atoms with van der Waals surface area (Å²) < 4.78 is 1.24. The first-order chi connectivity index (χ1) is 10.9. The second-order valence-electron chi connectivity index (χ2n) is 5.90. The summed E-state index contributed by atoms with van der Waals surface area (Å²) in [7, 11) is 1.47. The van der Waals surface area contributed by atoms with E-state index < -0.39 is 15.5 Å². The molecule has 0 N–H and O–H groups in total. The number of hydrogen-bond donors (Lipinski definition) is 0. The van der Waals surface area contributed by atoms with Crippen molar-refractivity contribution in [3.05, 3.63) is 66.0 Å². The van der Waals surface area contributed by atoms with Gasteiger partial charge in [0, 0.05) is 35.9 Å². The van der Waals surface area contributed by atoms with Gasteiger partial charge in [0.05, 0.1) is 15.9 Å². The second kappa shape index (κ2) is 4.25. The van der Waals surface area contributed by atoms with E-state index in [0.29, 0.717) is 16.5 Å². The molecule has 2 atom stereocenters. The molecule has 0 saturated heterocycles. The fourth-order valence-corrected chi connectivity index (χ4v) is 3.83. The number of hydrogen-bond acceptors (Lipinski definition) is 5. The van der Waals surface area contributed by atoms with E-state index in [9.17, 15) is 25.0 Å². The lowest BCUT2D eigenvalue weighted by Crippen LogP contribution is -2.24. The third-order valence-corrected chi connectivity index (χ3v) is 4.76. The number of nitrogens with zero attached hydrogens (tertiary/aromatic N) is 3. The van der Waals surface area contributed by atoms with Gasteiger partial charge in [-0.1, -0.05) is 12.2 Å². The molecule has 1 heterocycles. The molecule has 0 unspecified atom stereocenters. The smallest absolute Gasteiger partial charge is 0.300 e. The first-order valence-corrected chi connectivity index (χ1v) is 7.07. The molecule has 0 aliphatic heterocycles. The van der Waals surface area contributed by atoms with E-state index in [1.807, 2.05) is 12.2 Å². The predicted molar refractivity (Wildman–Crippen MR) is 81.7 cm³/mol. The standard InChI is InChI=1S/C15H11N3O5/c1-16-14-10(5-9(17(20)21)6-11(14)18(22)23)12-7-2-3-8(4-7)13(12)15(16)19/h2-3,5-8H,4H2,1H3/t7-,8+/m1/s1. The summed E-state index contributed by atoms with van der Waals surface area (Å²) >= 11 is 0. The highest BCUT2D eigenvalue weighted by atomic mass is 16.6. The van der Waals surface area contributed by atoms with Crippen molar-refractivity contribution >= 4 is 22.3 Å². The largest absolute Gasteiger partial charge is 0.305 e. The van der Waals surface area contributed by atoms with Crippen LogP contribution in [0, 0.1) is 20.2 Å². The molecular formula is C15H11N3O5. The van der Waals surface area contributed by atoms with Crippen molar-refractivity contribution in [2.75, 3.05) is 0 Å². The van der Waals surface area contributed by atoms with E-state index >= 15 is 0 Å². The SMILES string of the molecule is Cn1c(=O)c2c(c3cc([N+](=O)[O-])cc([N+](=O)[O-])c31)[C@@H]1C=C[C@H]2C1. The molecule has 2 aliphatic rings. The number of fused-ring (bicyclic) bond motifs is 7. The number of nitro groups is 2. The monoisotopic (exact) mass is 313 g/mol.